The van der Waals surface area contributed by atoms with E-state index in [1.165, 1.54) is 0 Å². The van der Waals surface area contributed by atoms with E-state index in [-0.39, 0.29) is 5.91 Å². The number of halogens is 1. The second-order valence-corrected chi connectivity index (χ2v) is 3.61. The third-order valence-electron chi connectivity index (χ3n) is 2.21. The van der Waals surface area contributed by atoms with Crippen molar-refractivity contribution < 1.29 is 9.59 Å². The maximum atomic E-state index is 11.5. The molecule has 1 aliphatic heterocycles. The minimum atomic E-state index is -0.417. The highest BCUT2D eigenvalue weighted by atomic mass is 35.5. The van der Waals surface area contributed by atoms with Crippen LogP contribution in [0, 0.1) is 0 Å². The molecule has 1 aromatic rings. The van der Waals surface area contributed by atoms with E-state index in [0.29, 0.717) is 23.7 Å². The van der Waals surface area contributed by atoms with Gasteiger partial charge in [-0.15, -0.1) is 0 Å². The van der Waals surface area contributed by atoms with Crippen molar-refractivity contribution in [1.29, 1.82) is 0 Å². The predicted molar refractivity (Wildman–Crippen MR) is 56.8 cm³/mol. The van der Waals surface area contributed by atoms with Crippen molar-refractivity contribution in [1.82, 2.24) is 4.90 Å². The lowest BCUT2D eigenvalue weighted by Gasteiger charge is -2.28. The molecule has 0 unspecified atom stereocenters. The molecule has 1 aromatic carbocycles. The summed E-state index contributed by atoms with van der Waals surface area (Å²) in [7, 11) is 0. The van der Waals surface area contributed by atoms with Crippen LogP contribution in [0.5, 0.6) is 0 Å². The minimum Gasteiger partial charge on any atom is -0.306 e. The van der Waals surface area contributed by atoms with E-state index in [2.05, 4.69) is 5.32 Å². The van der Waals surface area contributed by atoms with Crippen LogP contribution in [-0.2, 0) is 4.79 Å². The first-order valence-corrected chi connectivity index (χ1v) is 4.92. The lowest BCUT2D eigenvalue weighted by atomic mass is 10.2. The highest BCUT2D eigenvalue weighted by Gasteiger charge is 2.30. The summed E-state index contributed by atoms with van der Waals surface area (Å²) in [4.78, 5) is 23.6. The van der Waals surface area contributed by atoms with Crippen LogP contribution in [0.1, 0.15) is 6.42 Å². The van der Waals surface area contributed by atoms with E-state index in [9.17, 15) is 9.59 Å². The molecule has 1 aliphatic rings. The van der Waals surface area contributed by atoms with Gasteiger partial charge in [0.25, 0.3) is 0 Å². The molecule has 0 radical (unpaired) electrons. The van der Waals surface area contributed by atoms with Gasteiger partial charge in [0.1, 0.15) is 0 Å². The van der Waals surface area contributed by atoms with E-state index < -0.39 is 6.03 Å². The van der Waals surface area contributed by atoms with Crippen LogP contribution in [0.3, 0.4) is 0 Å². The van der Waals surface area contributed by atoms with E-state index in [1.807, 2.05) is 0 Å². The lowest BCUT2D eigenvalue weighted by molar-refractivity contribution is -0.135. The Hall–Kier alpha value is -1.55. The number of rotatable bonds is 1. The van der Waals surface area contributed by atoms with Crippen LogP contribution in [0.25, 0.3) is 0 Å². The molecule has 0 aliphatic carbocycles. The third-order valence-corrected chi connectivity index (χ3v) is 2.54. The summed E-state index contributed by atoms with van der Waals surface area (Å²) in [5.41, 5.74) is 0.517. The van der Waals surface area contributed by atoms with E-state index >= 15 is 0 Å². The summed E-state index contributed by atoms with van der Waals surface area (Å²) in [6.45, 7) is 0.481. The highest BCUT2D eigenvalue weighted by molar-refractivity contribution is 6.33. The number of amides is 3. The van der Waals surface area contributed by atoms with Crippen LogP contribution < -0.4 is 5.32 Å². The molecule has 0 bridgehead atoms. The molecule has 4 nitrogen and oxygen atoms in total. The molecular weight excluding hydrogens is 216 g/mol. The number of anilines is 1. The quantitative estimate of drug-likeness (QED) is 0.743. The molecule has 1 heterocycles. The first-order chi connectivity index (χ1) is 7.18. The number of para-hydroxylation sites is 1. The Morgan fingerprint density at radius 3 is 2.67 bits per heavy atom. The maximum Gasteiger partial charge on any atom is 0.328 e. The summed E-state index contributed by atoms with van der Waals surface area (Å²) in [5, 5.41) is 3.03. The molecule has 0 saturated carbocycles. The first kappa shape index (κ1) is 9.98. The molecule has 0 atom stereocenters. The Bertz CT molecular complexity index is 420. The van der Waals surface area contributed by atoms with Gasteiger partial charge in [-0.05, 0) is 12.1 Å². The highest BCUT2D eigenvalue weighted by Crippen LogP contribution is 2.21. The summed E-state index contributed by atoms with van der Waals surface area (Å²) in [5.74, 6) is -0.153. The van der Waals surface area contributed by atoms with Crippen molar-refractivity contribution in [3.8, 4) is 0 Å². The van der Waals surface area contributed by atoms with E-state index in [4.69, 9.17) is 11.6 Å². The second-order valence-electron chi connectivity index (χ2n) is 3.21. The molecule has 3 amide bonds. The van der Waals surface area contributed by atoms with Crippen LogP contribution in [0.2, 0.25) is 5.02 Å². The number of hydrogen-bond donors (Lipinski definition) is 1. The van der Waals surface area contributed by atoms with Crippen molar-refractivity contribution in [3.63, 3.8) is 0 Å². The number of nitrogens with zero attached hydrogens (tertiary/aromatic N) is 1. The van der Waals surface area contributed by atoms with Crippen LogP contribution in [-0.4, -0.2) is 23.4 Å². The SMILES string of the molecule is O=C1CCN1C(=O)Nc1ccccc1Cl. The Kier molecular flexibility index (Phi) is 2.60. The van der Waals surface area contributed by atoms with Gasteiger partial charge in [-0.2, -0.15) is 0 Å². The lowest BCUT2D eigenvalue weighted by Crippen LogP contribution is -2.49. The zero-order chi connectivity index (χ0) is 10.8. The molecule has 15 heavy (non-hydrogen) atoms. The molecule has 1 N–H and O–H groups in total. The number of imide groups is 1. The number of urea groups is 1. The van der Waals surface area contributed by atoms with Gasteiger partial charge < -0.3 is 5.32 Å². The zero-order valence-corrected chi connectivity index (χ0v) is 8.62. The molecular formula is C10H9ClN2O2. The number of hydrogen-bond acceptors (Lipinski definition) is 2. The number of carbonyl (C=O) groups excluding carboxylic acids is 2. The van der Waals surface area contributed by atoms with Gasteiger partial charge in [-0.3, -0.25) is 9.69 Å². The molecule has 0 aromatic heterocycles. The fraction of sp³-hybridized carbons (Fsp3) is 0.200. The van der Waals surface area contributed by atoms with Gasteiger partial charge in [0.2, 0.25) is 5.91 Å². The first-order valence-electron chi connectivity index (χ1n) is 4.54. The normalized spacial score (nSPS) is 14.7. The Morgan fingerprint density at radius 2 is 2.13 bits per heavy atom. The van der Waals surface area contributed by atoms with Gasteiger partial charge in [0, 0.05) is 13.0 Å². The molecule has 1 fully saturated rings. The van der Waals surface area contributed by atoms with Gasteiger partial charge in [0.05, 0.1) is 10.7 Å². The molecule has 1 saturated heterocycles. The van der Waals surface area contributed by atoms with Crippen LogP contribution in [0.4, 0.5) is 10.5 Å². The summed E-state index contributed by atoms with van der Waals surface area (Å²) in [6.07, 6.45) is 0.440. The molecule has 0 spiro atoms. The average molecular weight is 225 g/mol. The van der Waals surface area contributed by atoms with Crippen LogP contribution in [0.15, 0.2) is 24.3 Å². The maximum absolute atomic E-state index is 11.5. The van der Waals surface area contributed by atoms with Crippen molar-refractivity contribution >= 4 is 29.2 Å². The Balaban J connectivity index is 2.06. The van der Waals surface area contributed by atoms with Crippen molar-refractivity contribution in [2.24, 2.45) is 0 Å². The molecule has 78 valence electrons. The zero-order valence-electron chi connectivity index (χ0n) is 7.87. The topological polar surface area (TPSA) is 49.4 Å². The Labute approximate surface area is 91.8 Å². The number of β-lactam (4-membered cyclic amide) rings is 1. The fourth-order valence-electron chi connectivity index (χ4n) is 1.27. The standard InChI is InChI=1S/C10H9ClN2O2/c11-7-3-1-2-4-8(7)12-10(15)13-6-5-9(13)14/h1-4H,5-6H2,(H,12,15). The molecule has 2 rings (SSSR count). The van der Waals surface area contributed by atoms with E-state index in [0.717, 1.165) is 4.90 Å². The van der Waals surface area contributed by atoms with Crippen molar-refractivity contribution in [2.45, 2.75) is 6.42 Å². The average Bonchev–Trinajstić information content (AvgIpc) is 2.19. The predicted octanol–water partition coefficient (Wildman–Crippen LogP) is 2.10. The smallest absolute Gasteiger partial charge is 0.306 e. The van der Waals surface area contributed by atoms with Gasteiger partial charge in [-0.1, -0.05) is 23.7 Å². The minimum absolute atomic E-state index is 0.153. The Morgan fingerprint density at radius 1 is 1.40 bits per heavy atom. The number of nitrogens with one attached hydrogen (secondary N) is 1. The van der Waals surface area contributed by atoms with Crippen molar-refractivity contribution in [2.75, 3.05) is 11.9 Å². The second kappa shape index (κ2) is 3.90. The fourth-order valence-corrected chi connectivity index (χ4v) is 1.46. The largest absolute Gasteiger partial charge is 0.328 e. The van der Waals surface area contributed by atoms with Crippen LogP contribution >= 0.6 is 11.6 Å². The third kappa shape index (κ3) is 1.94. The molecule has 5 heteroatoms. The number of likely N-dealkylation sites (tertiary alicyclic amines) is 1. The number of benzene rings is 1. The van der Waals surface area contributed by atoms with Gasteiger partial charge in [-0.25, -0.2) is 4.79 Å². The summed E-state index contributed by atoms with van der Waals surface area (Å²) >= 11 is 5.85. The monoisotopic (exact) mass is 224 g/mol. The summed E-state index contributed by atoms with van der Waals surface area (Å²) < 4.78 is 0. The van der Waals surface area contributed by atoms with E-state index in [1.54, 1.807) is 24.3 Å². The summed E-state index contributed by atoms with van der Waals surface area (Å²) in [6, 6.07) is 6.48. The van der Waals surface area contributed by atoms with Crippen molar-refractivity contribution in [3.05, 3.63) is 29.3 Å². The van der Waals surface area contributed by atoms with Gasteiger partial charge >= 0.3 is 6.03 Å². The van der Waals surface area contributed by atoms with Gasteiger partial charge in [0.15, 0.2) is 0 Å². The number of carbonyl (C=O) groups is 2.